The predicted octanol–water partition coefficient (Wildman–Crippen LogP) is 1.65. The summed E-state index contributed by atoms with van der Waals surface area (Å²) >= 11 is 0. The van der Waals surface area contributed by atoms with Crippen LogP contribution in [0.1, 0.15) is 17.3 Å². The first-order valence-corrected chi connectivity index (χ1v) is 6.14. The summed E-state index contributed by atoms with van der Waals surface area (Å²) in [5.41, 5.74) is 1.39. The SMILES string of the molecule is CCOC(=O)c1cnc2c(ccc3[nH]ccnc32)c1=O. The van der Waals surface area contributed by atoms with E-state index in [1.165, 1.54) is 6.20 Å². The van der Waals surface area contributed by atoms with Gasteiger partial charge in [0.25, 0.3) is 0 Å². The zero-order chi connectivity index (χ0) is 14.1. The number of H-pyrrole nitrogens is 1. The van der Waals surface area contributed by atoms with Crippen LogP contribution in [-0.4, -0.2) is 27.5 Å². The molecule has 0 unspecified atom stereocenters. The number of fused-ring (bicyclic) bond motifs is 3. The number of hydrogen-bond acceptors (Lipinski definition) is 5. The van der Waals surface area contributed by atoms with Crippen LogP contribution in [-0.2, 0) is 4.74 Å². The van der Waals surface area contributed by atoms with Gasteiger partial charge in [0.1, 0.15) is 16.6 Å². The number of rotatable bonds is 2. The fourth-order valence-electron chi connectivity index (χ4n) is 2.07. The summed E-state index contributed by atoms with van der Waals surface area (Å²) in [6.07, 6.45) is 4.53. The van der Waals surface area contributed by atoms with Crippen LogP contribution in [0.5, 0.6) is 0 Å². The van der Waals surface area contributed by atoms with Gasteiger partial charge in [-0.05, 0) is 19.1 Å². The number of carbonyl (C=O) groups excluding carboxylic acids is 1. The number of nitrogens with one attached hydrogen (secondary N) is 1. The van der Waals surface area contributed by atoms with Crippen molar-refractivity contribution in [1.29, 1.82) is 0 Å². The van der Waals surface area contributed by atoms with Crippen LogP contribution in [0, 0.1) is 0 Å². The lowest BCUT2D eigenvalue weighted by Gasteiger charge is -2.04. The molecule has 0 aliphatic carbocycles. The first-order valence-electron chi connectivity index (χ1n) is 6.14. The Morgan fingerprint density at radius 2 is 2.15 bits per heavy atom. The molecule has 1 N–H and O–H groups in total. The maximum Gasteiger partial charge on any atom is 0.343 e. The van der Waals surface area contributed by atoms with Crippen molar-refractivity contribution in [1.82, 2.24) is 15.0 Å². The van der Waals surface area contributed by atoms with Gasteiger partial charge < -0.3 is 9.72 Å². The van der Waals surface area contributed by atoms with Gasteiger partial charge in [-0.25, -0.2) is 4.79 Å². The smallest absolute Gasteiger partial charge is 0.343 e. The van der Waals surface area contributed by atoms with E-state index in [0.717, 1.165) is 5.52 Å². The van der Waals surface area contributed by atoms with E-state index in [1.807, 2.05) is 0 Å². The molecule has 0 radical (unpaired) electrons. The van der Waals surface area contributed by atoms with Crippen molar-refractivity contribution >= 4 is 27.9 Å². The zero-order valence-electron chi connectivity index (χ0n) is 10.7. The average Bonchev–Trinajstić information content (AvgIpc) is 2.47. The van der Waals surface area contributed by atoms with E-state index in [2.05, 4.69) is 15.0 Å². The van der Waals surface area contributed by atoms with Gasteiger partial charge >= 0.3 is 5.97 Å². The van der Waals surface area contributed by atoms with E-state index in [1.54, 1.807) is 31.5 Å². The molecule has 0 spiro atoms. The van der Waals surface area contributed by atoms with E-state index in [9.17, 15) is 9.59 Å². The molecule has 0 aliphatic heterocycles. The van der Waals surface area contributed by atoms with Crippen molar-refractivity contribution < 1.29 is 9.53 Å². The monoisotopic (exact) mass is 269 g/mol. The first kappa shape index (κ1) is 12.3. The summed E-state index contributed by atoms with van der Waals surface area (Å²) < 4.78 is 4.84. The average molecular weight is 269 g/mol. The second kappa shape index (κ2) is 4.73. The Morgan fingerprint density at radius 3 is 2.95 bits per heavy atom. The van der Waals surface area contributed by atoms with E-state index in [4.69, 9.17) is 4.74 Å². The minimum Gasteiger partial charge on any atom is -0.462 e. The van der Waals surface area contributed by atoms with Gasteiger partial charge in [-0.1, -0.05) is 0 Å². The van der Waals surface area contributed by atoms with Gasteiger partial charge in [0.15, 0.2) is 0 Å². The van der Waals surface area contributed by atoms with E-state index >= 15 is 0 Å². The molecular weight excluding hydrogens is 258 g/mol. The Kier molecular flexibility index (Phi) is 2.90. The van der Waals surface area contributed by atoms with Crippen LogP contribution in [0.15, 0.2) is 35.5 Å². The summed E-state index contributed by atoms with van der Waals surface area (Å²) in [6, 6.07) is 3.37. The molecule has 20 heavy (non-hydrogen) atoms. The third-order valence-corrected chi connectivity index (χ3v) is 2.98. The van der Waals surface area contributed by atoms with E-state index in [0.29, 0.717) is 16.4 Å². The van der Waals surface area contributed by atoms with Gasteiger partial charge in [-0.15, -0.1) is 0 Å². The maximum atomic E-state index is 12.3. The van der Waals surface area contributed by atoms with Crippen LogP contribution >= 0.6 is 0 Å². The molecule has 0 saturated carbocycles. The van der Waals surface area contributed by atoms with Crippen molar-refractivity contribution in [2.45, 2.75) is 6.92 Å². The van der Waals surface area contributed by atoms with Crippen molar-refractivity contribution in [3.8, 4) is 0 Å². The molecule has 6 heteroatoms. The Bertz CT molecular complexity index is 870. The first-order chi connectivity index (χ1) is 9.72. The van der Waals surface area contributed by atoms with Gasteiger partial charge in [0.2, 0.25) is 5.43 Å². The molecule has 0 fully saturated rings. The van der Waals surface area contributed by atoms with Crippen LogP contribution in [0.2, 0.25) is 0 Å². The molecule has 0 bridgehead atoms. The molecule has 2 aromatic heterocycles. The zero-order valence-corrected chi connectivity index (χ0v) is 10.7. The second-order valence-electron chi connectivity index (χ2n) is 4.17. The molecule has 100 valence electrons. The highest BCUT2D eigenvalue weighted by atomic mass is 16.5. The number of nitrogens with zero attached hydrogens (tertiary/aromatic N) is 2. The number of benzene rings is 1. The summed E-state index contributed by atoms with van der Waals surface area (Å²) in [4.78, 5) is 35.4. The van der Waals surface area contributed by atoms with Crippen LogP contribution in [0.3, 0.4) is 0 Å². The lowest BCUT2D eigenvalue weighted by atomic mass is 10.1. The number of aromatic nitrogens is 3. The van der Waals surface area contributed by atoms with Gasteiger partial charge in [0.05, 0.1) is 17.5 Å². The molecule has 2 heterocycles. The van der Waals surface area contributed by atoms with Crippen molar-refractivity contribution in [2.24, 2.45) is 0 Å². The maximum absolute atomic E-state index is 12.3. The van der Waals surface area contributed by atoms with Gasteiger partial charge in [-0.3, -0.25) is 14.8 Å². The third kappa shape index (κ3) is 1.82. The Balaban J connectivity index is 2.32. The van der Waals surface area contributed by atoms with Crippen molar-refractivity contribution in [3.63, 3.8) is 0 Å². The van der Waals surface area contributed by atoms with E-state index in [-0.39, 0.29) is 17.6 Å². The lowest BCUT2D eigenvalue weighted by molar-refractivity contribution is 0.0524. The quantitative estimate of drug-likeness (QED) is 0.564. The second-order valence-corrected chi connectivity index (χ2v) is 4.17. The molecule has 0 aliphatic rings. The lowest BCUT2D eigenvalue weighted by Crippen LogP contribution is -2.18. The van der Waals surface area contributed by atoms with Gasteiger partial charge in [-0.2, -0.15) is 0 Å². The molecule has 0 atom stereocenters. The molecular formula is C14H11N3O3. The predicted molar refractivity (Wildman–Crippen MR) is 73.6 cm³/mol. The number of carbonyl (C=O) groups is 1. The highest BCUT2D eigenvalue weighted by Gasteiger charge is 2.15. The molecule has 3 aromatic rings. The van der Waals surface area contributed by atoms with Crippen LogP contribution in [0.25, 0.3) is 21.9 Å². The summed E-state index contributed by atoms with van der Waals surface area (Å²) in [6.45, 7) is 1.90. The number of esters is 1. The highest BCUT2D eigenvalue weighted by Crippen LogP contribution is 2.18. The number of hydrogen-bond donors (Lipinski definition) is 1. The van der Waals surface area contributed by atoms with E-state index < -0.39 is 5.97 Å². The Labute approximate surface area is 113 Å². The molecule has 0 saturated heterocycles. The Morgan fingerprint density at radius 1 is 1.30 bits per heavy atom. The van der Waals surface area contributed by atoms with Crippen molar-refractivity contribution in [2.75, 3.05) is 6.61 Å². The molecule has 6 nitrogen and oxygen atoms in total. The largest absolute Gasteiger partial charge is 0.462 e. The minimum absolute atomic E-state index is 0.0568. The fourth-order valence-corrected chi connectivity index (χ4v) is 2.07. The summed E-state index contributed by atoms with van der Waals surface area (Å²) in [7, 11) is 0. The minimum atomic E-state index is -0.653. The Hall–Kier alpha value is -2.76. The topological polar surface area (TPSA) is 84.9 Å². The number of ether oxygens (including phenoxy) is 1. The standard InChI is InChI=1S/C14H11N3O3/c1-2-20-14(19)9-7-17-11-8(13(9)18)3-4-10-12(11)16-6-5-15-10/h3-7,15H,2H2,1H3. The summed E-state index contributed by atoms with van der Waals surface area (Å²) in [5, 5.41) is 0.357. The summed E-state index contributed by atoms with van der Waals surface area (Å²) in [5.74, 6) is -0.653. The third-order valence-electron chi connectivity index (χ3n) is 2.98. The van der Waals surface area contributed by atoms with Gasteiger partial charge in [0, 0.05) is 18.6 Å². The molecule has 3 rings (SSSR count). The van der Waals surface area contributed by atoms with Crippen LogP contribution < -0.4 is 5.43 Å². The van der Waals surface area contributed by atoms with Crippen molar-refractivity contribution in [3.05, 3.63) is 46.5 Å². The molecule has 1 aromatic carbocycles. The number of pyridine rings is 1. The highest BCUT2D eigenvalue weighted by molar-refractivity contribution is 6.03. The normalized spacial score (nSPS) is 10.8. The van der Waals surface area contributed by atoms with Crippen LogP contribution in [0.4, 0.5) is 0 Å². The fraction of sp³-hybridized carbons (Fsp3) is 0.143. The molecule has 0 amide bonds. The number of aromatic amines is 1.